The number of aliphatic imine (C=N–C) groups is 1. The molecule has 3 heterocycles. The van der Waals surface area contributed by atoms with E-state index in [1.54, 1.807) is 24.7 Å². The molecule has 1 saturated heterocycles. The van der Waals surface area contributed by atoms with E-state index in [0.29, 0.717) is 23.4 Å². The highest BCUT2D eigenvalue weighted by atomic mass is 35.5. The summed E-state index contributed by atoms with van der Waals surface area (Å²) in [7, 11) is 1.53. The number of nitrogens with two attached hydrogens (primary N) is 1. The van der Waals surface area contributed by atoms with Gasteiger partial charge in [-0.3, -0.25) is 0 Å². The molecule has 2 N–H and O–H groups in total. The van der Waals surface area contributed by atoms with Crippen molar-refractivity contribution in [3.05, 3.63) is 41.3 Å². The molecule has 0 saturated carbocycles. The molecule has 8 nitrogen and oxygen atoms in total. The summed E-state index contributed by atoms with van der Waals surface area (Å²) in [6.07, 6.45) is 5.18. The predicted molar refractivity (Wildman–Crippen MR) is 96.9 cm³/mol. The van der Waals surface area contributed by atoms with Gasteiger partial charge in [0.05, 0.1) is 13.7 Å². The number of piperazine rings is 1. The summed E-state index contributed by atoms with van der Waals surface area (Å²) in [6.45, 7) is 3.57. The third kappa shape index (κ3) is 4.27. The van der Waals surface area contributed by atoms with Gasteiger partial charge in [0.1, 0.15) is 5.02 Å². The summed E-state index contributed by atoms with van der Waals surface area (Å²) in [4.78, 5) is 21.3. The summed E-state index contributed by atoms with van der Waals surface area (Å²) in [5.74, 6) is 1.67. The number of halogens is 1. The molecule has 0 amide bonds. The first-order chi connectivity index (χ1) is 12.2. The normalized spacial score (nSPS) is 15.4. The number of pyridine rings is 1. The monoisotopic (exact) mass is 361 g/mol. The van der Waals surface area contributed by atoms with Crippen molar-refractivity contribution < 1.29 is 4.74 Å². The lowest BCUT2D eigenvalue weighted by Gasteiger charge is -2.35. The smallest absolute Gasteiger partial charge is 0.232 e. The average molecular weight is 362 g/mol. The van der Waals surface area contributed by atoms with Crippen molar-refractivity contribution in [2.24, 2.45) is 10.7 Å². The van der Waals surface area contributed by atoms with Crippen LogP contribution in [0.25, 0.3) is 0 Å². The maximum Gasteiger partial charge on any atom is 0.232 e. The maximum absolute atomic E-state index is 6.12. The lowest BCUT2D eigenvalue weighted by molar-refractivity contribution is 0.378. The standard InChI is InChI=1S/C16H20ClN7O/c1-25-14-13(17)9-12(10-21-14)11-22-15(18)23-5-7-24(8-6-23)16-19-3-2-4-20-16/h2-4,9-10H,5-8,11H2,1H3,(H2,18,22). The molecule has 3 rings (SSSR count). The molecule has 0 bridgehead atoms. The van der Waals surface area contributed by atoms with E-state index in [9.17, 15) is 0 Å². The number of nitrogens with zero attached hydrogens (tertiary/aromatic N) is 6. The molecule has 0 aliphatic carbocycles. The zero-order chi connectivity index (χ0) is 17.6. The minimum absolute atomic E-state index is 0.404. The molecule has 9 heteroatoms. The number of methoxy groups -OCH3 is 1. The minimum Gasteiger partial charge on any atom is -0.480 e. The van der Waals surface area contributed by atoms with Crippen molar-refractivity contribution in [2.45, 2.75) is 6.54 Å². The van der Waals surface area contributed by atoms with Crippen molar-refractivity contribution >= 4 is 23.5 Å². The molecule has 0 spiro atoms. The topological polar surface area (TPSA) is 92.8 Å². The van der Waals surface area contributed by atoms with E-state index in [1.807, 2.05) is 6.07 Å². The van der Waals surface area contributed by atoms with E-state index in [1.165, 1.54) is 7.11 Å². The Labute approximate surface area is 151 Å². The highest BCUT2D eigenvalue weighted by Gasteiger charge is 2.19. The molecule has 2 aromatic heterocycles. The van der Waals surface area contributed by atoms with Gasteiger partial charge in [-0.1, -0.05) is 11.6 Å². The number of anilines is 1. The van der Waals surface area contributed by atoms with Crippen LogP contribution in [0.3, 0.4) is 0 Å². The zero-order valence-corrected chi connectivity index (χ0v) is 14.7. The van der Waals surface area contributed by atoms with Gasteiger partial charge in [0.2, 0.25) is 11.8 Å². The SMILES string of the molecule is COc1ncc(CN=C(N)N2CCN(c3ncccn3)CC2)cc1Cl. The molecule has 1 fully saturated rings. The van der Waals surface area contributed by atoms with Crippen LogP contribution >= 0.6 is 11.6 Å². The molecule has 0 aromatic carbocycles. The summed E-state index contributed by atoms with van der Waals surface area (Å²) < 4.78 is 5.04. The number of hydrogen-bond acceptors (Lipinski definition) is 6. The van der Waals surface area contributed by atoms with Gasteiger partial charge in [0, 0.05) is 44.8 Å². The van der Waals surface area contributed by atoms with Gasteiger partial charge in [0.15, 0.2) is 5.96 Å². The van der Waals surface area contributed by atoms with Crippen molar-refractivity contribution in [2.75, 3.05) is 38.2 Å². The second-order valence-electron chi connectivity index (χ2n) is 5.53. The molecule has 132 valence electrons. The third-order valence-electron chi connectivity index (χ3n) is 3.92. The van der Waals surface area contributed by atoms with Crippen molar-refractivity contribution in [3.63, 3.8) is 0 Å². The van der Waals surface area contributed by atoms with E-state index in [4.69, 9.17) is 22.1 Å². The van der Waals surface area contributed by atoms with E-state index in [0.717, 1.165) is 37.7 Å². The van der Waals surface area contributed by atoms with Crippen LogP contribution < -0.4 is 15.4 Å². The highest BCUT2D eigenvalue weighted by Crippen LogP contribution is 2.22. The maximum atomic E-state index is 6.12. The van der Waals surface area contributed by atoms with Gasteiger partial charge in [-0.2, -0.15) is 0 Å². The fraction of sp³-hybridized carbons (Fsp3) is 0.375. The Morgan fingerprint density at radius 3 is 2.60 bits per heavy atom. The van der Waals surface area contributed by atoms with Crippen LogP contribution in [0, 0.1) is 0 Å². The van der Waals surface area contributed by atoms with E-state index >= 15 is 0 Å². The van der Waals surface area contributed by atoms with Crippen LogP contribution in [0.2, 0.25) is 5.02 Å². The zero-order valence-electron chi connectivity index (χ0n) is 14.0. The van der Waals surface area contributed by atoms with Gasteiger partial charge in [-0.25, -0.2) is 19.9 Å². The van der Waals surface area contributed by atoms with E-state index < -0.39 is 0 Å². The van der Waals surface area contributed by atoms with Crippen LogP contribution in [0.15, 0.2) is 35.7 Å². The third-order valence-corrected chi connectivity index (χ3v) is 4.19. The van der Waals surface area contributed by atoms with Gasteiger partial charge in [0.25, 0.3) is 0 Å². The van der Waals surface area contributed by atoms with Gasteiger partial charge < -0.3 is 20.3 Å². The average Bonchev–Trinajstić information content (AvgIpc) is 2.67. The number of ether oxygens (including phenoxy) is 1. The molecule has 0 radical (unpaired) electrons. The number of guanidine groups is 1. The Kier molecular flexibility index (Phi) is 5.49. The Morgan fingerprint density at radius 2 is 1.96 bits per heavy atom. The fourth-order valence-electron chi connectivity index (χ4n) is 2.56. The quantitative estimate of drug-likeness (QED) is 0.645. The lowest BCUT2D eigenvalue weighted by Crippen LogP contribution is -2.51. The molecule has 25 heavy (non-hydrogen) atoms. The summed E-state index contributed by atoms with van der Waals surface area (Å²) in [5.41, 5.74) is 7.00. The molecule has 1 aliphatic rings. The van der Waals surface area contributed by atoms with Crippen molar-refractivity contribution in [1.29, 1.82) is 0 Å². The van der Waals surface area contributed by atoms with E-state index in [-0.39, 0.29) is 0 Å². The molecular formula is C16H20ClN7O. The van der Waals surface area contributed by atoms with Crippen molar-refractivity contribution in [3.8, 4) is 5.88 Å². The van der Waals surface area contributed by atoms with Crippen LogP contribution in [-0.2, 0) is 6.54 Å². The number of hydrogen-bond donors (Lipinski definition) is 1. The summed E-state index contributed by atoms with van der Waals surface area (Å²) >= 11 is 6.07. The first-order valence-electron chi connectivity index (χ1n) is 7.92. The second-order valence-corrected chi connectivity index (χ2v) is 5.94. The summed E-state index contributed by atoms with van der Waals surface area (Å²) in [5, 5.41) is 0.463. The van der Waals surface area contributed by atoms with Gasteiger partial charge in [-0.15, -0.1) is 0 Å². The number of rotatable bonds is 4. The Hall–Kier alpha value is -2.61. The van der Waals surface area contributed by atoms with Crippen molar-refractivity contribution in [1.82, 2.24) is 19.9 Å². The molecule has 0 atom stereocenters. The molecule has 0 unspecified atom stereocenters. The van der Waals surface area contributed by atoms with Crippen LogP contribution in [0.5, 0.6) is 5.88 Å². The van der Waals surface area contributed by atoms with E-state index in [2.05, 4.69) is 29.7 Å². The first-order valence-corrected chi connectivity index (χ1v) is 8.30. The Morgan fingerprint density at radius 1 is 1.24 bits per heavy atom. The second kappa shape index (κ2) is 7.98. The Balaban J connectivity index is 1.56. The molecule has 1 aliphatic heterocycles. The largest absolute Gasteiger partial charge is 0.480 e. The number of aromatic nitrogens is 3. The van der Waals surface area contributed by atoms with Gasteiger partial charge >= 0.3 is 0 Å². The molecule has 2 aromatic rings. The van der Waals surface area contributed by atoms with Gasteiger partial charge in [-0.05, 0) is 17.7 Å². The molecular weight excluding hydrogens is 342 g/mol. The predicted octanol–water partition coefficient (Wildman–Crippen LogP) is 1.17. The lowest BCUT2D eigenvalue weighted by atomic mass is 10.3. The van der Waals surface area contributed by atoms with Crippen LogP contribution in [0.1, 0.15) is 5.56 Å². The van der Waals surface area contributed by atoms with Crippen LogP contribution in [-0.4, -0.2) is 59.1 Å². The highest BCUT2D eigenvalue weighted by molar-refractivity contribution is 6.31. The fourth-order valence-corrected chi connectivity index (χ4v) is 2.83. The minimum atomic E-state index is 0.404. The summed E-state index contributed by atoms with van der Waals surface area (Å²) in [6, 6.07) is 3.60. The first kappa shape index (κ1) is 17.2. The van der Waals surface area contributed by atoms with Crippen LogP contribution in [0.4, 0.5) is 5.95 Å². The Bertz CT molecular complexity index is 733.